The van der Waals surface area contributed by atoms with Crippen molar-refractivity contribution in [2.24, 2.45) is 0 Å². The zero-order chi connectivity index (χ0) is 13.7. The maximum atomic E-state index is 5.43. The normalized spacial score (nSPS) is 11.9. The Morgan fingerprint density at radius 3 is 2.42 bits per heavy atom. The van der Waals surface area contributed by atoms with Crippen LogP contribution in [-0.4, -0.2) is 21.3 Å². The number of para-hydroxylation sites is 1. The summed E-state index contributed by atoms with van der Waals surface area (Å²) >= 11 is 0. The molecule has 1 unspecified atom stereocenters. The maximum absolute atomic E-state index is 5.43. The average Bonchev–Trinajstić information content (AvgIpc) is 2.49. The standard InChI is InChI=1S/C16H19NO2/c1-17-16(12-7-6-8-13(11-12)18-2)14-9-4-5-10-15(14)19-3/h4-11,16-17H,1-3H3. The van der Waals surface area contributed by atoms with E-state index >= 15 is 0 Å². The van der Waals surface area contributed by atoms with Gasteiger partial charge in [0, 0.05) is 5.56 Å². The fourth-order valence-corrected chi connectivity index (χ4v) is 2.23. The van der Waals surface area contributed by atoms with Crippen LogP contribution in [0.5, 0.6) is 11.5 Å². The van der Waals surface area contributed by atoms with Gasteiger partial charge in [-0.3, -0.25) is 0 Å². The Balaban J connectivity index is 2.43. The van der Waals surface area contributed by atoms with Gasteiger partial charge in [-0.25, -0.2) is 0 Å². The molecule has 0 heterocycles. The number of benzene rings is 2. The van der Waals surface area contributed by atoms with Gasteiger partial charge < -0.3 is 14.8 Å². The number of nitrogens with one attached hydrogen (secondary N) is 1. The van der Waals surface area contributed by atoms with Crippen LogP contribution in [0.15, 0.2) is 48.5 Å². The molecule has 19 heavy (non-hydrogen) atoms. The summed E-state index contributed by atoms with van der Waals surface area (Å²) in [4.78, 5) is 0. The van der Waals surface area contributed by atoms with Gasteiger partial charge in [0.2, 0.25) is 0 Å². The molecule has 0 aromatic heterocycles. The zero-order valence-electron chi connectivity index (χ0n) is 11.5. The topological polar surface area (TPSA) is 30.5 Å². The minimum absolute atomic E-state index is 0.0752. The second-order valence-corrected chi connectivity index (χ2v) is 4.24. The molecule has 0 saturated carbocycles. The lowest BCUT2D eigenvalue weighted by Crippen LogP contribution is -2.18. The molecule has 0 amide bonds. The first-order chi connectivity index (χ1) is 9.30. The molecule has 1 atom stereocenters. The highest BCUT2D eigenvalue weighted by Crippen LogP contribution is 2.30. The van der Waals surface area contributed by atoms with Gasteiger partial charge in [0.05, 0.1) is 20.3 Å². The predicted molar refractivity (Wildman–Crippen MR) is 76.9 cm³/mol. The molecular weight excluding hydrogens is 238 g/mol. The summed E-state index contributed by atoms with van der Waals surface area (Å²) in [6.07, 6.45) is 0. The lowest BCUT2D eigenvalue weighted by Gasteiger charge is -2.20. The first-order valence-electron chi connectivity index (χ1n) is 6.24. The second-order valence-electron chi connectivity index (χ2n) is 4.24. The monoisotopic (exact) mass is 257 g/mol. The van der Waals surface area contributed by atoms with E-state index in [9.17, 15) is 0 Å². The van der Waals surface area contributed by atoms with Gasteiger partial charge in [0.25, 0.3) is 0 Å². The summed E-state index contributed by atoms with van der Waals surface area (Å²) in [7, 11) is 5.31. The van der Waals surface area contributed by atoms with E-state index in [0.29, 0.717) is 0 Å². The quantitative estimate of drug-likeness (QED) is 0.893. The average molecular weight is 257 g/mol. The van der Waals surface area contributed by atoms with Crippen molar-refractivity contribution in [3.8, 4) is 11.5 Å². The molecule has 2 aromatic carbocycles. The van der Waals surface area contributed by atoms with E-state index in [2.05, 4.69) is 17.4 Å². The minimum Gasteiger partial charge on any atom is -0.497 e. The molecule has 100 valence electrons. The third-order valence-corrected chi connectivity index (χ3v) is 3.17. The van der Waals surface area contributed by atoms with E-state index in [4.69, 9.17) is 9.47 Å². The summed E-state index contributed by atoms with van der Waals surface area (Å²) in [6.45, 7) is 0. The Labute approximate surface area is 114 Å². The van der Waals surface area contributed by atoms with Crippen LogP contribution in [0.1, 0.15) is 17.2 Å². The Hall–Kier alpha value is -2.00. The van der Waals surface area contributed by atoms with E-state index in [-0.39, 0.29) is 6.04 Å². The van der Waals surface area contributed by atoms with Gasteiger partial charge in [0.15, 0.2) is 0 Å². The van der Waals surface area contributed by atoms with Gasteiger partial charge in [-0.15, -0.1) is 0 Å². The molecule has 0 bridgehead atoms. The van der Waals surface area contributed by atoms with Gasteiger partial charge in [-0.05, 0) is 30.8 Å². The third kappa shape index (κ3) is 2.88. The first-order valence-corrected chi connectivity index (χ1v) is 6.24. The van der Waals surface area contributed by atoms with E-state index in [1.165, 1.54) is 0 Å². The molecule has 1 N–H and O–H groups in total. The van der Waals surface area contributed by atoms with Crippen LogP contribution in [0.2, 0.25) is 0 Å². The zero-order valence-corrected chi connectivity index (χ0v) is 11.5. The Bertz CT molecular complexity index is 540. The second kappa shape index (κ2) is 6.25. The van der Waals surface area contributed by atoms with Crippen molar-refractivity contribution in [3.05, 3.63) is 59.7 Å². The fraction of sp³-hybridized carbons (Fsp3) is 0.250. The Morgan fingerprint density at radius 2 is 1.74 bits per heavy atom. The molecule has 0 aliphatic heterocycles. The van der Waals surface area contributed by atoms with Crippen molar-refractivity contribution in [1.82, 2.24) is 5.32 Å². The van der Waals surface area contributed by atoms with E-state index in [1.54, 1.807) is 14.2 Å². The molecule has 3 nitrogen and oxygen atoms in total. The van der Waals surface area contributed by atoms with Crippen molar-refractivity contribution in [1.29, 1.82) is 0 Å². The molecule has 0 radical (unpaired) electrons. The van der Waals surface area contributed by atoms with Gasteiger partial charge in [-0.2, -0.15) is 0 Å². The summed E-state index contributed by atoms with van der Waals surface area (Å²) in [5.74, 6) is 1.73. The molecule has 0 fully saturated rings. The van der Waals surface area contributed by atoms with Crippen LogP contribution in [0.4, 0.5) is 0 Å². The summed E-state index contributed by atoms with van der Waals surface area (Å²) in [5.41, 5.74) is 2.26. The number of hydrogen-bond acceptors (Lipinski definition) is 3. The van der Waals surface area contributed by atoms with E-state index in [0.717, 1.165) is 22.6 Å². The van der Waals surface area contributed by atoms with Crippen LogP contribution < -0.4 is 14.8 Å². The SMILES string of the molecule is CNC(c1cccc(OC)c1)c1ccccc1OC. The summed E-state index contributed by atoms with van der Waals surface area (Å²) in [5, 5.41) is 3.33. The summed E-state index contributed by atoms with van der Waals surface area (Å²) in [6, 6.07) is 16.2. The molecule has 2 aromatic rings. The first kappa shape index (κ1) is 13.4. The Morgan fingerprint density at radius 1 is 0.947 bits per heavy atom. The van der Waals surface area contributed by atoms with Crippen LogP contribution in [0.3, 0.4) is 0 Å². The lowest BCUT2D eigenvalue weighted by atomic mass is 9.98. The van der Waals surface area contributed by atoms with Crippen LogP contribution in [0.25, 0.3) is 0 Å². The van der Waals surface area contributed by atoms with Crippen molar-refractivity contribution in [2.75, 3.05) is 21.3 Å². The fourth-order valence-electron chi connectivity index (χ4n) is 2.23. The predicted octanol–water partition coefficient (Wildman–Crippen LogP) is 3.01. The van der Waals surface area contributed by atoms with Crippen LogP contribution >= 0.6 is 0 Å². The van der Waals surface area contributed by atoms with E-state index in [1.807, 2.05) is 43.4 Å². The summed E-state index contributed by atoms with van der Waals surface area (Å²) < 4.78 is 10.7. The number of methoxy groups -OCH3 is 2. The molecule has 2 rings (SSSR count). The van der Waals surface area contributed by atoms with Crippen molar-refractivity contribution < 1.29 is 9.47 Å². The minimum atomic E-state index is 0.0752. The molecule has 0 aliphatic rings. The largest absolute Gasteiger partial charge is 0.497 e. The smallest absolute Gasteiger partial charge is 0.123 e. The number of rotatable bonds is 5. The van der Waals surface area contributed by atoms with Crippen LogP contribution in [-0.2, 0) is 0 Å². The molecule has 0 saturated heterocycles. The van der Waals surface area contributed by atoms with Crippen molar-refractivity contribution >= 4 is 0 Å². The number of ether oxygens (including phenoxy) is 2. The lowest BCUT2D eigenvalue weighted by molar-refractivity contribution is 0.404. The van der Waals surface area contributed by atoms with Crippen molar-refractivity contribution in [2.45, 2.75) is 6.04 Å². The third-order valence-electron chi connectivity index (χ3n) is 3.17. The molecule has 0 aliphatic carbocycles. The highest BCUT2D eigenvalue weighted by Gasteiger charge is 2.16. The highest BCUT2D eigenvalue weighted by atomic mass is 16.5. The highest BCUT2D eigenvalue weighted by molar-refractivity contribution is 5.43. The van der Waals surface area contributed by atoms with Gasteiger partial charge in [-0.1, -0.05) is 30.3 Å². The molecule has 0 spiro atoms. The van der Waals surface area contributed by atoms with E-state index < -0.39 is 0 Å². The molecular formula is C16H19NO2. The Kier molecular flexibility index (Phi) is 4.42. The van der Waals surface area contributed by atoms with Crippen molar-refractivity contribution in [3.63, 3.8) is 0 Å². The van der Waals surface area contributed by atoms with Gasteiger partial charge in [0.1, 0.15) is 11.5 Å². The molecule has 3 heteroatoms. The number of hydrogen-bond donors (Lipinski definition) is 1. The van der Waals surface area contributed by atoms with Gasteiger partial charge >= 0.3 is 0 Å². The maximum Gasteiger partial charge on any atom is 0.123 e. The van der Waals surface area contributed by atoms with Crippen LogP contribution in [0, 0.1) is 0 Å².